The number of cyclic esters (lactones) is 1. The van der Waals surface area contributed by atoms with Crippen LogP contribution in [0.5, 0.6) is 0 Å². The number of piperazine rings is 1. The normalized spacial score (nSPS) is 23.3. The Morgan fingerprint density at radius 1 is 1.08 bits per heavy atom. The summed E-state index contributed by atoms with van der Waals surface area (Å²) < 4.78 is 5.67. The predicted octanol–water partition coefficient (Wildman–Crippen LogP) is 4.02. The van der Waals surface area contributed by atoms with Gasteiger partial charge in [-0.1, -0.05) is 31.5 Å². The first-order chi connectivity index (χ1) is 12.6. The summed E-state index contributed by atoms with van der Waals surface area (Å²) in [5, 5.41) is 0. The van der Waals surface area contributed by atoms with E-state index in [4.69, 9.17) is 4.74 Å². The Morgan fingerprint density at radius 3 is 2.31 bits per heavy atom. The summed E-state index contributed by atoms with van der Waals surface area (Å²) in [6, 6.07) is 8.84. The molecule has 4 nitrogen and oxygen atoms in total. The average molecular weight is 359 g/mol. The van der Waals surface area contributed by atoms with Gasteiger partial charge in [-0.25, -0.2) is 0 Å². The summed E-state index contributed by atoms with van der Waals surface area (Å²) >= 11 is 0. The van der Waals surface area contributed by atoms with Gasteiger partial charge >= 0.3 is 5.97 Å². The molecule has 0 bridgehead atoms. The second-order valence-corrected chi connectivity index (χ2v) is 8.03. The summed E-state index contributed by atoms with van der Waals surface area (Å²) in [5.74, 6) is 0.0409. The number of rotatable bonds is 7. The smallest absolute Gasteiger partial charge is 0.312 e. The maximum atomic E-state index is 12.2. The second-order valence-electron chi connectivity index (χ2n) is 8.03. The molecule has 0 amide bonds. The van der Waals surface area contributed by atoms with E-state index in [9.17, 15) is 4.79 Å². The van der Waals surface area contributed by atoms with Crippen molar-refractivity contribution in [3.05, 3.63) is 29.8 Å². The quantitative estimate of drug-likeness (QED) is 0.689. The van der Waals surface area contributed by atoms with Crippen molar-refractivity contribution < 1.29 is 9.53 Å². The van der Waals surface area contributed by atoms with Crippen molar-refractivity contribution in [2.75, 3.05) is 37.6 Å². The number of nitrogens with zero attached hydrogens (tertiary/aromatic N) is 2. The van der Waals surface area contributed by atoms with E-state index in [-0.39, 0.29) is 17.5 Å². The first-order valence-corrected chi connectivity index (χ1v) is 10.3. The van der Waals surface area contributed by atoms with Gasteiger partial charge in [0.15, 0.2) is 0 Å². The Bertz CT molecular complexity index is 587. The molecule has 1 atom stereocenters. The minimum atomic E-state index is -0.204. The van der Waals surface area contributed by atoms with Crippen LogP contribution in [0.4, 0.5) is 5.69 Å². The molecule has 1 aromatic rings. The fraction of sp³-hybridized carbons (Fsp3) is 0.682. The molecule has 0 aliphatic carbocycles. The standard InChI is InChI=1S/C22H34N2O2/c1-4-22(5-2)17-20(26-21(22)25)7-6-12-23-13-15-24(16-14-23)19-10-8-18(3)9-11-19/h8-11,20H,4-7,12-17H2,1-3H3/t20-/m1/s1. The summed E-state index contributed by atoms with van der Waals surface area (Å²) in [4.78, 5) is 17.2. The van der Waals surface area contributed by atoms with Gasteiger partial charge in [0.25, 0.3) is 0 Å². The van der Waals surface area contributed by atoms with Crippen molar-refractivity contribution in [3.8, 4) is 0 Å². The number of anilines is 1. The number of benzene rings is 1. The molecule has 0 saturated carbocycles. The molecule has 0 spiro atoms. The highest BCUT2D eigenvalue weighted by atomic mass is 16.6. The zero-order chi connectivity index (χ0) is 18.6. The van der Waals surface area contributed by atoms with E-state index in [0.29, 0.717) is 0 Å². The Labute approximate surface area is 158 Å². The zero-order valence-electron chi connectivity index (χ0n) is 16.7. The maximum Gasteiger partial charge on any atom is 0.312 e. The van der Waals surface area contributed by atoms with Gasteiger partial charge in [-0.15, -0.1) is 0 Å². The fourth-order valence-corrected chi connectivity index (χ4v) is 4.35. The van der Waals surface area contributed by atoms with Gasteiger partial charge < -0.3 is 9.64 Å². The van der Waals surface area contributed by atoms with E-state index in [1.807, 2.05) is 0 Å². The number of hydrogen-bond donors (Lipinski definition) is 0. The largest absolute Gasteiger partial charge is 0.462 e. The Kier molecular flexibility index (Phi) is 6.23. The molecular weight excluding hydrogens is 324 g/mol. The molecule has 1 aromatic carbocycles. The van der Waals surface area contributed by atoms with Crippen molar-refractivity contribution in [1.29, 1.82) is 0 Å². The molecule has 2 aliphatic rings. The first-order valence-electron chi connectivity index (χ1n) is 10.3. The van der Waals surface area contributed by atoms with Crippen LogP contribution >= 0.6 is 0 Å². The number of hydrogen-bond acceptors (Lipinski definition) is 4. The number of ether oxygens (including phenoxy) is 1. The van der Waals surface area contributed by atoms with Gasteiger partial charge in [-0.3, -0.25) is 9.69 Å². The summed E-state index contributed by atoms with van der Waals surface area (Å²) in [5.41, 5.74) is 2.45. The molecule has 4 heteroatoms. The van der Waals surface area contributed by atoms with Crippen molar-refractivity contribution in [1.82, 2.24) is 4.90 Å². The minimum absolute atomic E-state index is 0.0409. The minimum Gasteiger partial charge on any atom is -0.462 e. The summed E-state index contributed by atoms with van der Waals surface area (Å²) in [7, 11) is 0. The third kappa shape index (κ3) is 4.22. The van der Waals surface area contributed by atoms with Crippen LogP contribution in [0.3, 0.4) is 0 Å². The monoisotopic (exact) mass is 358 g/mol. The Morgan fingerprint density at radius 2 is 1.73 bits per heavy atom. The Hall–Kier alpha value is -1.55. The lowest BCUT2D eigenvalue weighted by molar-refractivity contribution is -0.149. The molecule has 0 N–H and O–H groups in total. The fourth-order valence-electron chi connectivity index (χ4n) is 4.35. The number of esters is 1. The van der Waals surface area contributed by atoms with Gasteiger partial charge in [-0.05, 0) is 51.3 Å². The number of aryl methyl sites for hydroxylation is 1. The van der Waals surface area contributed by atoms with Crippen molar-refractivity contribution >= 4 is 11.7 Å². The highest BCUT2D eigenvalue weighted by Crippen LogP contribution is 2.41. The topological polar surface area (TPSA) is 32.8 Å². The molecule has 0 aromatic heterocycles. The second kappa shape index (κ2) is 8.43. The maximum absolute atomic E-state index is 12.2. The molecule has 2 heterocycles. The zero-order valence-corrected chi connectivity index (χ0v) is 16.7. The molecule has 0 unspecified atom stereocenters. The van der Waals surface area contributed by atoms with Gasteiger partial charge in [0.2, 0.25) is 0 Å². The summed E-state index contributed by atoms with van der Waals surface area (Å²) in [6.07, 6.45) is 4.98. The molecule has 0 radical (unpaired) electrons. The van der Waals surface area contributed by atoms with Gasteiger partial charge in [0.05, 0.1) is 5.41 Å². The van der Waals surface area contributed by atoms with Crippen LogP contribution in [-0.2, 0) is 9.53 Å². The van der Waals surface area contributed by atoms with E-state index < -0.39 is 0 Å². The van der Waals surface area contributed by atoms with Crippen molar-refractivity contribution in [3.63, 3.8) is 0 Å². The third-order valence-electron chi connectivity index (χ3n) is 6.45. The average Bonchev–Trinajstić information content (AvgIpc) is 2.99. The third-order valence-corrected chi connectivity index (χ3v) is 6.45. The lowest BCUT2D eigenvalue weighted by Gasteiger charge is -2.36. The lowest BCUT2D eigenvalue weighted by Crippen LogP contribution is -2.46. The molecule has 144 valence electrons. The number of carbonyl (C=O) groups is 1. The van der Waals surface area contributed by atoms with Crippen LogP contribution in [0.25, 0.3) is 0 Å². The van der Waals surface area contributed by atoms with Crippen LogP contribution < -0.4 is 4.90 Å². The molecule has 2 fully saturated rings. The van der Waals surface area contributed by atoms with Crippen LogP contribution in [0.2, 0.25) is 0 Å². The lowest BCUT2D eigenvalue weighted by atomic mass is 9.79. The first kappa shape index (κ1) is 19.2. The summed E-state index contributed by atoms with van der Waals surface area (Å²) in [6.45, 7) is 11.9. The molecule has 26 heavy (non-hydrogen) atoms. The van der Waals surface area contributed by atoms with Gasteiger partial charge in [0, 0.05) is 38.3 Å². The van der Waals surface area contributed by atoms with Gasteiger partial charge in [0.1, 0.15) is 6.10 Å². The van der Waals surface area contributed by atoms with Crippen LogP contribution in [0.15, 0.2) is 24.3 Å². The predicted molar refractivity (Wildman–Crippen MR) is 107 cm³/mol. The van der Waals surface area contributed by atoms with E-state index in [0.717, 1.165) is 64.8 Å². The molecule has 3 rings (SSSR count). The van der Waals surface area contributed by atoms with Crippen LogP contribution in [0, 0.1) is 12.3 Å². The van der Waals surface area contributed by atoms with Crippen LogP contribution in [-0.4, -0.2) is 49.7 Å². The number of carbonyl (C=O) groups excluding carboxylic acids is 1. The van der Waals surface area contributed by atoms with E-state index in [2.05, 4.69) is 54.8 Å². The highest BCUT2D eigenvalue weighted by molar-refractivity contribution is 5.78. The SMILES string of the molecule is CCC1(CC)C[C@@H](CCCN2CCN(c3ccc(C)cc3)CC2)OC1=O. The van der Waals surface area contributed by atoms with E-state index >= 15 is 0 Å². The van der Waals surface area contributed by atoms with Crippen molar-refractivity contribution in [2.45, 2.75) is 59.0 Å². The van der Waals surface area contributed by atoms with E-state index in [1.54, 1.807) is 0 Å². The molecule has 2 saturated heterocycles. The molecular formula is C22H34N2O2. The molecule has 2 aliphatic heterocycles. The Balaban J connectivity index is 1.38. The van der Waals surface area contributed by atoms with E-state index in [1.165, 1.54) is 11.3 Å². The van der Waals surface area contributed by atoms with Crippen molar-refractivity contribution in [2.24, 2.45) is 5.41 Å². The van der Waals surface area contributed by atoms with Gasteiger partial charge in [-0.2, -0.15) is 0 Å². The highest BCUT2D eigenvalue weighted by Gasteiger charge is 2.45. The van der Waals surface area contributed by atoms with Crippen LogP contribution in [0.1, 0.15) is 51.5 Å².